The molecule has 2 rings (SSSR count). The number of pyridine rings is 1. The lowest BCUT2D eigenvalue weighted by atomic mass is 10.3. The second-order valence-corrected chi connectivity index (χ2v) is 4.29. The van der Waals surface area contributed by atoms with E-state index in [1.165, 1.54) is 18.5 Å². The first-order valence-corrected chi connectivity index (χ1v) is 5.47. The van der Waals surface area contributed by atoms with E-state index in [1.54, 1.807) is 0 Å². The molecule has 0 N–H and O–H groups in total. The Morgan fingerprint density at radius 1 is 1.54 bits per heavy atom. The third-order valence-electron chi connectivity index (χ3n) is 2.35. The van der Waals surface area contributed by atoms with Crippen LogP contribution in [0.3, 0.4) is 0 Å². The molecule has 0 aromatic carbocycles. The van der Waals surface area contributed by atoms with Crippen molar-refractivity contribution in [1.82, 2.24) is 4.98 Å². The van der Waals surface area contributed by atoms with E-state index in [0.29, 0.717) is 0 Å². The van der Waals surface area contributed by atoms with Crippen LogP contribution in [0, 0.1) is 0 Å². The summed E-state index contributed by atoms with van der Waals surface area (Å²) in [6, 6.07) is 2.90. The van der Waals surface area contributed by atoms with Crippen molar-refractivity contribution in [3.05, 3.63) is 22.9 Å². The Bertz CT molecular complexity index is 297. The van der Waals surface area contributed by atoms with Crippen molar-refractivity contribution in [3.63, 3.8) is 0 Å². The summed E-state index contributed by atoms with van der Waals surface area (Å²) in [5.41, 5.74) is 1.24. The number of aromatic nitrogens is 1. The van der Waals surface area contributed by atoms with Gasteiger partial charge >= 0.3 is 0 Å². The van der Waals surface area contributed by atoms with Crippen LogP contribution in [0.1, 0.15) is 19.8 Å². The quantitative estimate of drug-likeness (QED) is 0.808. The molecule has 0 atom stereocenters. The largest absolute Gasteiger partial charge is 0.368 e. The van der Waals surface area contributed by atoms with Gasteiger partial charge in [-0.1, -0.05) is 0 Å². The van der Waals surface area contributed by atoms with Crippen LogP contribution >= 0.6 is 15.9 Å². The van der Waals surface area contributed by atoms with Gasteiger partial charge in [-0.15, -0.1) is 0 Å². The van der Waals surface area contributed by atoms with Gasteiger partial charge < -0.3 is 4.90 Å². The van der Waals surface area contributed by atoms with Crippen molar-refractivity contribution in [1.29, 1.82) is 0 Å². The van der Waals surface area contributed by atoms with Crippen LogP contribution in [0.15, 0.2) is 22.9 Å². The third-order valence-corrected chi connectivity index (χ3v) is 2.78. The maximum absolute atomic E-state index is 4.17. The molecule has 1 aliphatic rings. The molecule has 0 spiro atoms. The fourth-order valence-corrected chi connectivity index (χ4v) is 1.95. The smallest absolute Gasteiger partial charge is 0.0566 e. The van der Waals surface area contributed by atoms with Crippen LogP contribution < -0.4 is 4.90 Å². The average molecular weight is 241 g/mol. The van der Waals surface area contributed by atoms with Gasteiger partial charge in [0.15, 0.2) is 0 Å². The molecular weight excluding hydrogens is 228 g/mol. The Labute approximate surface area is 87.1 Å². The molecule has 70 valence electrons. The first kappa shape index (κ1) is 9.00. The zero-order chi connectivity index (χ0) is 9.26. The van der Waals surface area contributed by atoms with E-state index >= 15 is 0 Å². The van der Waals surface area contributed by atoms with Crippen molar-refractivity contribution in [2.75, 3.05) is 11.4 Å². The molecular formula is C10H13BrN2. The molecule has 3 heteroatoms. The summed E-state index contributed by atoms with van der Waals surface area (Å²) >= 11 is 3.44. The van der Waals surface area contributed by atoms with Crippen molar-refractivity contribution in [2.45, 2.75) is 25.8 Å². The molecule has 0 amide bonds. The highest BCUT2D eigenvalue weighted by atomic mass is 79.9. The van der Waals surface area contributed by atoms with E-state index in [1.807, 2.05) is 12.4 Å². The van der Waals surface area contributed by atoms with Gasteiger partial charge in [-0.25, -0.2) is 0 Å². The number of anilines is 1. The summed E-state index contributed by atoms with van der Waals surface area (Å²) in [5.74, 6) is 0. The molecule has 0 bridgehead atoms. The standard InChI is InChI=1S/C10H13BrN2/c1-2-13(9-3-4-9)10-5-8(11)6-12-7-10/h5-7,9H,2-4H2,1H3. The summed E-state index contributed by atoms with van der Waals surface area (Å²) in [6.45, 7) is 3.27. The second kappa shape index (κ2) is 3.66. The van der Waals surface area contributed by atoms with Crippen LogP contribution in [0.25, 0.3) is 0 Å². The van der Waals surface area contributed by atoms with Gasteiger partial charge in [0.05, 0.1) is 11.9 Å². The van der Waals surface area contributed by atoms with Gasteiger partial charge in [0.25, 0.3) is 0 Å². The van der Waals surface area contributed by atoms with Crippen molar-refractivity contribution in [3.8, 4) is 0 Å². The van der Waals surface area contributed by atoms with Crippen LogP contribution in [0.4, 0.5) is 5.69 Å². The highest BCUT2D eigenvalue weighted by molar-refractivity contribution is 9.10. The summed E-state index contributed by atoms with van der Waals surface area (Å²) in [4.78, 5) is 6.59. The van der Waals surface area contributed by atoms with Gasteiger partial charge in [-0.2, -0.15) is 0 Å². The number of nitrogens with zero attached hydrogens (tertiary/aromatic N) is 2. The number of hydrogen-bond acceptors (Lipinski definition) is 2. The zero-order valence-electron chi connectivity index (χ0n) is 7.70. The van der Waals surface area contributed by atoms with Gasteiger partial charge in [0.1, 0.15) is 0 Å². The molecule has 0 unspecified atom stereocenters. The first-order chi connectivity index (χ1) is 6.31. The lowest BCUT2D eigenvalue weighted by Crippen LogP contribution is -2.24. The molecule has 1 heterocycles. The third kappa shape index (κ3) is 2.02. The lowest BCUT2D eigenvalue weighted by Gasteiger charge is -2.22. The van der Waals surface area contributed by atoms with Crippen LogP contribution in [0.2, 0.25) is 0 Å². The van der Waals surface area contributed by atoms with Gasteiger partial charge in [0.2, 0.25) is 0 Å². The molecule has 0 radical (unpaired) electrons. The SMILES string of the molecule is CCN(c1cncc(Br)c1)C1CC1. The Morgan fingerprint density at radius 2 is 2.31 bits per heavy atom. The minimum atomic E-state index is 0.765. The summed E-state index contributed by atoms with van der Waals surface area (Å²) < 4.78 is 1.06. The molecule has 1 saturated carbocycles. The topological polar surface area (TPSA) is 16.1 Å². The maximum atomic E-state index is 4.17. The highest BCUT2D eigenvalue weighted by Crippen LogP contribution is 2.31. The van der Waals surface area contributed by atoms with Crippen LogP contribution in [-0.2, 0) is 0 Å². The molecule has 1 aliphatic carbocycles. The van der Waals surface area contributed by atoms with Gasteiger partial charge in [-0.05, 0) is 41.8 Å². The average Bonchev–Trinajstić information content (AvgIpc) is 2.90. The normalized spacial score (nSPS) is 15.8. The monoisotopic (exact) mass is 240 g/mol. The maximum Gasteiger partial charge on any atom is 0.0566 e. The fourth-order valence-electron chi connectivity index (χ4n) is 1.60. The molecule has 2 nitrogen and oxygen atoms in total. The van der Waals surface area contributed by atoms with E-state index in [-0.39, 0.29) is 0 Å². The van der Waals surface area contributed by atoms with E-state index in [4.69, 9.17) is 0 Å². The minimum absolute atomic E-state index is 0.765. The van der Waals surface area contributed by atoms with E-state index in [9.17, 15) is 0 Å². The molecule has 1 aromatic rings. The predicted octanol–water partition coefficient (Wildman–Crippen LogP) is 2.83. The minimum Gasteiger partial charge on any atom is -0.368 e. The van der Waals surface area contributed by atoms with Crippen LogP contribution in [0.5, 0.6) is 0 Å². The summed E-state index contributed by atoms with van der Waals surface area (Å²) in [5, 5.41) is 0. The van der Waals surface area contributed by atoms with Gasteiger partial charge in [0, 0.05) is 23.3 Å². The fraction of sp³-hybridized carbons (Fsp3) is 0.500. The molecule has 0 saturated heterocycles. The summed E-state index contributed by atoms with van der Waals surface area (Å²) in [6.07, 6.45) is 6.43. The Morgan fingerprint density at radius 3 is 2.85 bits per heavy atom. The van der Waals surface area contributed by atoms with Crippen molar-refractivity contribution in [2.24, 2.45) is 0 Å². The lowest BCUT2D eigenvalue weighted by molar-refractivity contribution is 0.823. The Balaban J connectivity index is 2.21. The summed E-state index contributed by atoms with van der Waals surface area (Å²) in [7, 11) is 0. The predicted molar refractivity (Wildman–Crippen MR) is 58.0 cm³/mol. The zero-order valence-corrected chi connectivity index (χ0v) is 9.29. The Hall–Kier alpha value is -0.570. The van der Waals surface area contributed by atoms with Crippen molar-refractivity contribution >= 4 is 21.6 Å². The van der Waals surface area contributed by atoms with E-state index < -0.39 is 0 Å². The molecule has 13 heavy (non-hydrogen) atoms. The Kier molecular flexibility index (Phi) is 2.54. The molecule has 0 aliphatic heterocycles. The van der Waals surface area contributed by atoms with E-state index in [2.05, 4.69) is 38.8 Å². The van der Waals surface area contributed by atoms with Crippen molar-refractivity contribution < 1.29 is 0 Å². The molecule has 1 aromatic heterocycles. The highest BCUT2D eigenvalue weighted by Gasteiger charge is 2.28. The van der Waals surface area contributed by atoms with E-state index in [0.717, 1.165) is 17.1 Å². The number of rotatable bonds is 3. The van der Waals surface area contributed by atoms with Gasteiger partial charge in [-0.3, -0.25) is 4.98 Å². The second-order valence-electron chi connectivity index (χ2n) is 3.38. The number of hydrogen-bond donors (Lipinski definition) is 0. The number of halogens is 1. The first-order valence-electron chi connectivity index (χ1n) is 4.68. The van der Waals surface area contributed by atoms with Crippen LogP contribution in [-0.4, -0.2) is 17.6 Å². The molecule has 1 fully saturated rings.